The summed E-state index contributed by atoms with van der Waals surface area (Å²) < 4.78 is 0. The largest absolute Gasteiger partial charge is 0.507 e. The summed E-state index contributed by atoms with van der Waals surface area (Å²) in [7, 11) is 0. The smallest absolute Gasteiger partial charge is 0.343 e. The van der Waals surface area contributed by atoms with Crippen molar-refractivity contribution in [2.75, 3.05) is 0 Å². The molecule has 0 radical (unpaired) electrons. The molecule has 0 spiro atoms. The number of hydrogen-bond donors (Lipinski definition) is 3. The van der Waals surface area contributed by atoms with E-state index in [1.807, 2.05) is 0 Å². The summed E-state index contributed by atoms with van der Waals surface area (Å²) in [6.45, 7) is 0. The predicted molar refractivity (Wildman–Crippen MR) is 38.3 cm³/mol. The van der Waals surface area contributed by atoms with E-state index >= 15 is 0 Å². The third kappa shape index (κ3) is 1.30. The molecule has 0 atom stereocenters. The van der Waals surface area contributed by atoms with E-state index in [1.165, 1.54) is 18.2 Å². The number of aromatic carboxylic acids is 1. The van der Waals surface area contributed by atoms with Crippen molar-refractivity contribution in [3.63, 3.8) is 0 Å². The van der Waals surface area contributed by atoms with Crippen LogP contribution in [0.4, 0.5) is 0 Å². The van der Waals surface area contributed by atoms with Gasteiger partial charge in [0.05, 0.1) is 0 Å². The second-order valence-corrected chi connectivity index (χ2v) is 2.05. The van der Waals surface area contributed by atoms with Gasteiger partial charge in [0.1, 0.15) is 11.3 Å². The molecular formula is C7H6O5. The van der Waals surface area contributed by atoms with Crippen molar-refractivity contribution in [1.82, 2.24) is 0 Å². The lowest BCUT2D eigenvalue weighted by Crippen LogP contribution is -2.00. The Bertz CT molecular complexity index is 307. The van der Waals surface area contributed by atoms with Gasteiger partial charge in [-0.05, 0) is 12.1 Å². The van der Waals surface area contributed by atoms with E-state index in [1.54, 1.807) is 0 Å². The highest BCUT2D eigenvalue weighted by atomic mass is 17.1. The Kier molecular flexibility index (Phi) is 2.16. The Hall–Kier alpha value is -1.75. The van der Waals surface area contributed by atoms with Gasteiger partial charge in [-0.3, -0.25) is 0 Å². The van der Waals surface area contributed by atoms with Crippen LogP contribution in [0.15, 0.2) is 18.2 Å². The monoisotopic (exact) mass is 170 g/mol. The summed E-state index contributed by atoms with van der Waals surface area (Å²) in [5.74, 6) is -2.10. The number of rotatable bonds is 2. The number of carbonyl (C=O) groups is 1. The van der Waals surface area contributed by atoms with Gasteiger partial charge in [0.15, 0.2) is 5.75 Å². The minimum absolute atomic E-state index is 0.289. The van der Waals surface area contributed by atoms with Crippen molar-refractivity contribution < 1.29 is 25.2 Å². The van der Waals surface area contributed by atoms with Crippen LogP contribution in [0.5, 0.6) is 11.5 Å². The lowest BCUT2D eigenvalue weighted by atomic mass is 10.2. The van der Waals surface area contributed by atoms with E-state index in [2.05, 4.69) is 4.89 Å². The molecule has 0 aliphatic heterocycles. The predicted octanol–water partition coefficient (Wildman–Crippen LogP) is 0.942. The first-order valence-corrected chi connectivity index (χ1v) is 3.03. The highest BCUT2D eigenvalue weighted by Gasteiger charge is 2.16. The normalized spacial score (nSPS) is 9.42. The van der Waals surface area contributed by atoms with E-state index in [0.717, 1.165) is 0 Å². The van der Waals surface area contributed by atoms with E-state index < -0.39 is 17.3 Å². The molecule has 0 fully saturated rings. The van der Waals surface area contributed by atoms with Gasteiger partial charge >= 0.3 is 5.97 Å². The molecule has 5 nitrogen and oxygen atoms in total. The Balaban J connectivity index is 3.29. The highest BCUT2D eigenvalue weighted by molar-refractivity contribution is 5.93. The lowest BCUT2D eigenvalue weighted by molar-refractivity contribution is -0.138. The molecule has 0 aliphatic carbocycles. The fourth-order valence-corrected chi connectivity index (χ4v) is 0.811. The molecule has 5 heteroatoms. The molecule has 1 rings (SSSR count). The van der Waals surface area contributed by atoms with Crippen molar-refractivity contribution in [2.24, 2.45) is 0 Å². The quantitative estimate of drug-likeness (QED) is 0.454. The molecule has 0 unspecified atom stereocenters. The van der Waals surface area contributed by atoms with Crippen LogP contribution in [-0.2, 0) is 0 Å². The van der Waals surface area contributed by atoms with Crippen molar-refractivity contribution in [3.05, 3.63) is 23.8 Å². The highest BCUT2D eigenvalue weighted by Crippen LogP contribution is 2.26. The molecule has 0 aromatic heterocycles. The van der Waals surface area contributed by atoms with Crippen molar-refractivity contribution in [2.45, 2.75) is 0 Å². The fraction of sp³-hybridized carbons (Fsp3) is 0. The van der Waals surface area contributed by atoms with Gasteiger partial charge in [-0.15, -0.1) is 0 Å². The molecule has 12 heavy (non-hydrogen) atoms. The Morgan fingerprint density at radius 3 is 2.50 bits per heavy atom. The fourth-order valence-electron chi connectivity index (χ4n) is 0.811. The second-order valence-electron chi connectivity index (χ2n) is 2.05. The third-order valence-corrected chi connectivity index (χ3v) is 1.32. The van der Waals surface area contributed by atoms with Gasteiger partial charge in [-0.2, -0.15) is 0 Å². The van der Waals surface area contributed by atoms with Crippen molar-refractivity contribution >= 4 is 5.97 Å². The average Bonchev–Trinajstić information content (AvgIpc) is 2.03. The number of hydrogen-bond acceptors (Lipinski definition) is 4. The first kappa shape index (κ1) is 8.35. The first-order chi connectivity index (χ1) is 5.66. The molecule has 0 amide bonds. The van der Waals surface area contributed by atoms with Crippen LogP contribution in [0, 0.1) is 0 Å². The van der Waals surface area contributed by atoms with Gasteiger partial charge in [-0.25, -0.2) is 10.1 Å². The molecule has 0 saturated carbocycles. The van der Waals surface area contributed by atoms with E-state index in [4.69, 9.17) is 15.5 Å². The summed E-state index contributed by atoms with van der Waals surface area (Å²) in [5, 5.41) is 25.8. The minimum Gasteiger partial charge on any atom is -0.507 e. The maximum atomic E-state index is 10.5. The molecule has 1 aromatic rings. The first-order valence-electron chi connectivity index (χ1n) is 3.03. The van der Waals surface area contributed by atoms with Crippen LogP contribution < -0.4 is 4.89 Å². The summed E-state index contributed by atoms with van der Waals surface area (Å²) in [5.41, 5.74) is -0.458. The Morgan fingerprint density at radius 1 is 1.42 bits per heavy atom. The molecule has 0 saturated heterocycles. The SMILES string of the molecule is O=C(O)c1c(O)cccc1OO. The molecule has 64 valence electrons. The zero-order valence-corrected chi connectivity index (χ0v) is 5.89. The zero-order valence-electron chi connectivity index (χ0n) is 5.89. The Labute approximate surface area is 67.4 Å². The maximum absolute atomic E-state index is 10.5. The molecule has 0 bridgehead atoms. The van der Waals surface area contributed by atoms with Gasteiger partial charge in [0.25, 0.3) is 0 Å². The van der Waals surface area contributed by atoms with Crippen LogP contribution in [0.1, 0.15) is 10.4 Å². The number of aromatic hydroxyl groups is 1. The van der Waals surface area contributed by atoms with E-state index in [0.29, 0.717) is 0 Å². The van der Waals surface area contributed by atoms with Crippen LogP contribution >= 0.6 is 0 Å². The van der Waals surface area contributed by atoms with Crippen LogP contribution in [0.2, 0.25) is 0 Å². The zero-order chi connectivity index (χ0) is 9.14. The summed E-state index contributed by atoms with van der Waals surface area (Å²) in [6, 6.07) is 3.77. The topological polar surface area (TPSA) is 87.0 Å². The summed E-state index contributed by atoms with van der Waals surface area (Å²) >= 11 is 0. The summed E-state index contributed by atoms with van der Waals surface area (Å²) in [6.07, 6.45) is 0. The van der Waals surface area contributed by atoms with Gasteiger partial charge in [-0.1, -0.05) is 6.07 Å². The second kappa shape index (κ2) is 3.10. The van der Waals surface area contributed by atoms with Gasteiger partial charge in [0.2, 0.25) is 0 Å². The Morgan fingerprint density at radius 2 is 2.08 bits per heavy atom. The van der Waals surface area contributed by atoms with Crippen LogP contribution in [0.25, 0.3) is 0 Å². The third-order valence-electron chi connectivity index (χ3n) is 1.32. The van der Waals surface area contributed by atoms with Crippen LogP contribution in [-0.4, -0.2) is 21.4 Å². The van der Waals surface area contributed by atoms with E-state index in [9.17, 15) is 4.79 Å². The molecule has 3 N–H and O–H groups in total. The van der Waals surface area contributed by atoms with Gasteiger partial charge in [0, 0.05) is 0 Å². The number of phenols is 1. The number of carboxylic acid groups (broad SMARTS) is 1. The molecule has 0 heterocycles. The maximum Gasteiger partial charge on any atom is 0.343 e. The molecule has 0 aliphatic rings. The average molecular weight is 170 g/mol. The van der Waals surface area contributed by atoms with Crippen LogP contribution in [0.3, 0.4) is 0 Å². The van der Waals surface area contributed by atoms with E-state index in [-0.39, 0.29) is 5.75 Å². The molecular weight excluding hydrogens is 164 g/mol. The van der Waals surface area contributed by atoms with Crippen molar-refractivity contribution in [3.8, 4) is 11.5 Å². The number of benzene rings is 1. The van der Waals surface area contributed by atoms with Gasteiger partial charge < -0.3 is 15.1 Å². The lowest BCUT2D eigenvalue weighted by Gasteiger charge is -2.02. The minimum atomic E-state index is -1.36. The summed E-state index contributed by atoms with van der Waals surface area (Å²) in [4.78, 5) is 14.2. The van der Waals surface area contributed by atoms with Crippen molar-refractivity contribution in [1.29, 1.82) is 0 Å². The number of carboxylic acids is 1. The standard InChI is InChI=1S/C7H6O5/c8-4-2-1-3-5(12-11)6(4)7(9)10/h1-3,8,11H,(H,9,10). The molecule has 1 aromatic carbocycles.